The summed E-state index contributed by atoms with van der Waals surface area (Å²) in [5, 5.41) is 15.5. The second-order valence-corrected chi connectivity index (χ2v) is 8.72. The number of aliphatic hydroxyl groups is 1. The van der Waals surface area contributed by atoms with Gasteiger partial charge in [0.2, 0.25) is 0 Å². The SMILES string of the molecule is Cc1noc(C)c1CN1CCc2c(C(=O)N3CCC[C@H](CO)C3)csc2C1. The molecule has 0 radical (unpaired) electrons. The van der Waals surface area contributed by atoms with Gasteiger partial charge in [-0.1, -0.05) is 5.16 Å². The van der Waals surface area contributed by atoms with Crippen LogP contribution in [-0.2, 0) is 19.5 Å². The van der Waals surface area contributed by atoms with Crippen LogP contribution in [-0.4, -0.2) is 52.2 Å². The second-order valence-electron chi connectivity index (χ2n) is 7.76. The fourth-order valence-corrected chi connectivity index (χ4v) is 5.33. The summed E-state index contributed by atoms with van der Waals surface area (Å²) in [6.45, 7) is 8.25. The number of hydrogen-bond donors (Lipinski definition) is 1. The number of thiophene rings is 1. The maximum Gasteiger partial charge on any atom is 0.254 e. The first kappa shape index (κ1) is 18.7. The molecule has 4 heterocycles. The van der Waals surface area contributed by atoms with Crippen molar-refractivity contribution in [1.82, 2.24) is 15.0 Å². The topological polar surface area (TPSA) is 69.8 Å². The van der Waals surface area contributed by atoms with Gasteiger partial charge in [-0.3, -0.25) is 9.69 Å². The molecule has 2 aliphatic heterocycles. The molecule has 2 aliphatic rings. The zero-order valence-corrected chi connectivity index (χ0v) is 16.8. The molecule has 1 fully saturated rings. The van der Waals surface area contributed by atoms with Crippen molar-refractivity contribution in [2.75, 3.05) is 26.2 Å². The molecule has 0 unspecified atom stereocenters. The second kappa shape index (κ2) is 7.73. The van der Waals surface area contributed by atoms with Crippen LogP contribution in [0.25, 0.3) is 0 Å². The Labute approximate surface area is 163 Å². The van der Waals surface area contributed by atoms with E-state index < -0.39 is 0 Å². The molecule has 0 spiro atoms. The summed E-state index contributed by atoms with van der Waals surface area (Å²) in [6.07, 6.45) is 2.90. The number of fused-ring (bicyclic) bond motifs is 1. The van der Waals surface area contributed by atoms with Crippen LogP contribution in [0.4, 0.5) is 0 Å². The number of aryl methyl sites for hydroxylation is 2. The third-order valence-corrected chi connectivity index (χ3v) is 6.90. The van der Waals surface area contributed by atoms with Gasteiger partial charge in [0.05, 0.1) is 11.3 Å². The Bertz CT molecular complexity index is 809. The number of aliphatic hydroxyl groups excluding tert-OH is 1. The maximum atomic E-state index is 13.0. The van der Waals surface area contributed by atoms with E-state index >= 15 is 0 Å². The van der Waals surface area contributed by atoms with Gasteiger partial charge < -0.3 is 14.5 Å². The van der Waals surface area contributed by atoms with E-state index in [-0.39, 0.29) is 18.4 Å². The molecule has 2 aromatic rings. The summed E-state index contributed by atoms with van der Waals surface area (Å²) in [5.41, 5.74) is 4.25. The number of amides is 1. The first-order valence-corrected chi connectivity index (χ1v) is 10.6. The Hall–Kier alpha value is -1.70. The molecular weight excluding hydrogens is 362 g/mol. The fraction of sp³-hybridized carbons (Fsp3) is 0.600. The van der Waals surface area contributed by atoms with Gasteiger partial charge in [0.15, 0.2) is 0 Å². The van der Waals surface area contributed by atoms with Crippen molar-refractivity contribution >= 4 is 17.2 Å². The Balaban J connectivity index is 1.46. The van der Waals surface area contributed by atoms with Crippen LogP contribution in [0.15, 0.2) is 9.90 Å². The van der Waals surface area contributed by atoms with Crippen molar-refractivity contribution in [1.29, 1.82) is 0 Å². The molecule has 6 nitrogen and oxygen atoms in total. The van der Waals surface area contributed by atoms with Gasteiger partial charge in [0, 0.05) is 55.2 Å². The van der Waals surface area contributed by atoms with Crippen LogP contribution < -0.4 is 0 Å². The molecule has 4 rings (SSSR count). The first-order chi connectivity index (χ1) is 13.1. The number of likely N-dealkylation sites (tertiary alicyclic amines) is 1. The molecular formula is C20H27N3O3S. The van der Waals surface area contributed by atoms with Gasteiger partial charge in [-0.15, -0.1) is 11.3 Å². The third kappa shape index (κ3) is 3.68. The van der Waals surface area contributed by atoms with Gasteiger partial charge in [-0.2, -0.15) is 0 Å². The lowest BCUT2D eigenvalue weighted by molar-refractivity contribution is 0.0619. The van der Waals surface area contributed by atoms with Crippen molar-refractivity contribution in [2.45, 2.75) is 46.2 Å². The highest BCUT2D eigenvalue weighted by Gasteiger charge is 2.29. The van der Waals surface area contributed by atoms with Crippen LogP contribution in [0.5, 0.6) is 0 Å². The van der Waals surface area contributed by atoms with E-state index in [1.165, 1.54) is 16.0 Å². The van der Waals surface area contributed by atoms with Crippen LogP contribution in [0.3, 0.4) is 0 Å². The molecule has 0 bridgehead atoms. The maximum absolute atomic E-state index is 13.0. The third-order valence-electron chi connectivity index (χ3n) is 5.88. The van der Waals surface area contributed by atoms with Crippen LogP contribution in [0.2, 0.25) is 0 Å². The van der Waals surface area contributed by atoms with Gasteiger partial charge in [0.1, 0.15) is 5.76 Å². The Morgan fingerprint density at radius 2 is 2.26 bits per heavy atom. The molecule has 2 aromatic heterocycles. The van der Waals surface area contributed by atoms with E-state index in [2.05, 4.69) is 10.1 Å². The number of hydrogen-bond acceptors (Lipinski definition) is 6. The van der Waals surface area contributed by atoms with E-state index in [9.17, 15) is 9.90 Å². The molecule has 1 atom stereocenters. The highest BCUT2D eigenvalue weighted by atomic mass is 32.1. The van der Waals surface area contributed by atoms with Gasteiger partial charge >= 0.3 is 0 Å². The number of nitrogens with zero attached hydrogens (tertiary/aromatic N) is 3. The average Bonchev–Trinajstić information content (AvgIpc) is 3.25. The Kier molecular flexibility index (Phi) is 5.34. The molecule has 1 amide bonds. The van der Waals surface area contributed by atoms with E-state index in [0.29, 0.717) is 6.54 Å². The Morgan fingerprint density at radius 3 is 3.00 bits per heavy atom. The van der Waals surface area contributed by atoms with Crippen molar-refractivity contribution in [3.05, 3.63) is 38.4 Å². The number of rotatable bonds is 4. The van der Waals surface area contributed by atoms with Crippen LogP contribution in [0.1, 0.15) is 50.7 Å². The van der Waals surface area contributed by atoms with Gasteiger partial charge in [-0.05, 0) is 44.6 Å². The summed E-state index contributed by atoms with van der Waals surface area (Å²) in [7, 11) is 0. The summed E-state index contributed by atoms with van der Waals surface area (Å²) in [4.78, 5) is 18.7. The lowest BCUT2D eigenvalue weighted by Crippen LogP contribution is -2.41. The monoisotopic (exact) mass is 389 g/mol. The summed E-state index contributed by atoms with van der Waals surface area (Å²) >= 11 is 1.70. The fourth-order valence-electron chi connectivity index (χ4n) is 4.22. The molecule has 0 saturated carbocycles. The predicted molar refractivity (Wildman–Crippen MR) is 104 cm³/mol. The van der Waals surface area contributed by atoms with Crippen molar-refractivity contribution in [2.24, 2.45) is 5.92 Å². The molecule has 146 valence electrons. The number of piperidine rings is 1. The normalized spacial score (nSPS) is 20.7. The smallest absolute Gasteiger partial charge is 0.254 e. The van der Waals surface area contributed by atoms with E-state index in [1.807, 2.05) is 24.1 Å². The lowest BCUT2D eigenvalue weighted by Gasteiger charge is -2.32. The molecule has 0 aliphatic carbocycles. The van der Waals surface area contributed by atoms with E-state index in [4.69, 9.17) is 4.52 Å². The zero-order valence-electron chi connectivity index (χ0n) is 16.0. The number of carbonyl (C=O) groups excluding carboxylic acids is 1. The molecule has 1 saturated heterocycles. The predicted octanol–water partition coefficient (Wildman–Crippen LogP) is 2.76. The van der Waals surface area contributed by atoms with Crippen LogP contribution >= 0.6 is 11.3 Å². The summed E-state index contributed by atoms with van der Waals surface area (Å²) < 4.78 is 5.28. The molecule has 27 heavy (non-hydrogen) atoms. The minimum Gasteiger partial charge on any atom is -0.396 e. The Morgan fingerprint density at radius 1 is 1.41 bits per heavy atom. The van der Waals surface area contributed by atoms with Crippen molar-refractivity contribution < 1.29 is 14.4 Å². The summed E-state index contributed by atoms with van der Waals surface area (Å²) in [6, 6.07) is 0. The van der Waals surface area contributed by atoms with Crippen molar-refractivity contribution in [3.8, 4) is 0 Å². The molecule has 1 N–H and O–H groups in total. The molecule has 0 aromatic carbocycles. The number of aromatic nitrogens is 1. The zero-order chi connectivity index (χ0) is 19.0. The summed E-state index contributed by atoms with van der Waals surface area (Å²) in [5.74, 6) is 1.26. The van der Waals surface area contributed by atoms with Gasteiger partial charge in [-0.25, -0.2) is 0 Å². The highest BCUT2D eigenvalue weighted by molar-refractivity contribution is 7.10. The average molecular weight is 390 g/mol. The quantitative estimate of drug-likeness (QED) is 0.871. The number of carbonyl (C=O) groups is 1. The first-order valence-electron chi connectivity index (χ1n) is 9.70. The van der Waals surface area contributed by atoms with Crippen LogP contribution in [0, 0.1) is 19.8 Å². The van der Waals surface area contributed by atoms with Crippen molar-refractivity contribution in [3.63, 3.8) is 0 Å². The van der Waals surface area contributed by atoms with Gasteiger partial charge in [0.25, 0.3) is 5.91 Å². The molecule has 7 heteroatoms. The minimum absolute atomic E-state index is 0.143. The standard InChI is InChI=1S/C20H27N3O3S/c1-13-17(14(2)26-21-13)9-22-7-5-16-18(12-27-19(16)10-22)20(25)23-6-3-4-15(8-23)11-24/h12,15,24H,3-11H2,1-2H3/t15-/m0/s1. The van der Waals surface area contributed by atoms with E-state index in [1.54, 1.807) is 11.3 Å². The largest absolute Gasteiger partial charge is 0.396 e. The lowest BCUT2D eigenvalue weighted by atomic mass is 9.97. The van der Waals surface area contributed by atoms with E-state index in [0.717, 1.165) is 62.5 Å². The minimum atomic E-state index is 0.143. The highest BCUT2D eigenvalue weighted by Crippen LogP contribution is 2.31.